The van der Waals surface area contributed by atoms with E-state index in [1.165, 1.54) is 12.2 Å². The summed E-state index contributed by atoms with van der Waals surface area (Å²) < 4.78 is 46.5. The number of ether oxygens (including phenoxy) is 2. The Kier molecular flexibility index (Phi) is 8.72. The highest BCUT2D eigenvalue weighted by molar-refractivity contribution is 7.98. The molecule has 7 rings (SSSR count). The number of rotatable bonds is 8. The number of allylic oxidation sites excluding steroid dienone is 4. The van der Waals surface area contributed by atoms with Gasteiger partial charge in [-0.3, -0.25) is 9.59 Å². The van der Waals surface area contributed by atoms with Gasteiger partial charge >= 0.3 is 0 Å². The minimum Gasteiger partial charge on any atom is -0.390 e. The predicted molar refractivity (Wildman–Crippen MR) is 184 cm³/mol. The van der Waals surface area contributed by atoms with E-state index >= 15 is 8.78 Å². The van der Waals surface area contributed by atoms with Crippen molar-refractivity contribution in [3.8, 4) is 0 Å². The molecule has 0 radical (unpaired) electrons. The summed E-state index contributed by atoms with van der Waals surface area (Å²) >= 11 is 8.02. The molecule has 0 spiro atoms. The number of carbonyl (C=O) groups excluding carboxylic acids is 2. The molecule has 10 atom stereocenters. The zero-order valence-corrected chi connectivity index (χ0v) is 29.5. The van der Waals surface area contributed by atoms with Gasteiger partial charge in [-0.25, -0.2) is 8.78 Å². The average Bonchev–Trinajstić information content (AvgIpc) is 3.56. The first-order valence-electron chi connectivity index (χ1n) is 16.9. The lowest BCUT2D eigenvalue weighted by Crippen LogP contribution is -2.70. The topological polar surface area (TPSA) is 105 Å². The summed E-state index contributed by atoms with van der Waals surface area (Å²) in [6.45, 7) is 6.60. The second-order valence-electron chi connectivity index (χ2n) is 15.0. The summed E-state index contributed by atoms with van der Waals surface area (Å²) in [7, 11) is 0. The van der Waals surface area contributed by atoms with E-state index in [1.807, 2.05) is 42.5 Å². The van der Waals surface area contributed by atoms with E-state index in [2.05, 4.69) is 19.2 Å². The van der Waals surface area contributed by atoms with Crippen molar-refractivity contribution in [2.45, 2.75) is 99.6 Å². The van der Waals surface area contributed by atoms with Crippen LogP contribution in [0.25, 0.3) is 0 Å². The number of hydrogen-bond acceptors (Lipinski definition) is 8. The van der Waals surface area contributed by atoms with Crippen molar-refractivity contribution in [2.24, 2.45) is 22.7 Å². The Bertz CT molecular complexity index is 1740. The molecule has 1 heterocycles. The zero-order valence-electron chi connectivity index (χ0n) is 27.9. The third-order valence-corrected chi connectivity index (χ3v) is 13.4. The lowest BCUT2D eigenvalue weighted by atomic mass is 9.44. The SMILES string of the molecule is CC(C)Nc1cc(SCc2ccc([C@H]3O[C@@H]4C[C@H]5[C@@H]6C[C@H](F)C7=CC(=O)C=C[C@]7(C)[C@@]6(F)[C@@H](O)C[C@]5(C)[C@]4(C(=O)CO)O3)cc2)ccc1Cl. The molecule has 5 aliphatic rings. The fraction of sp³-hybridized carbons (Fsp3) is 0.526. The van der Waals surface area contributed by atoms with Crippen LogP contribution >= 0.6 is 23.4 Å². The fourth-order valence-corrected chi connectivity index (χ4v) is 10.7. The van der Waals surface area contributed by atoms with Gasteiger partial charge in [-0.2, -0.15) is 0 Å². The lowest BCUT2D eigenvalue weighted by molar-refractivity contribution is -0.235. The number of alkyl halides is 2. The molecule has 3 N–H and O–H groups in total. The van der Waals surface area contributed by atoms with Crippen LogP contribution in [0.2, 0.25) is 5.02 Å². The number of aliphatic hydroxyl groups is 2. The quantitative estimate of drug-likeness (QED) is 0.249. The van der Waals surface area contributed by atoms with Crippen molar-refractivity contribution in [3.05, 3.63) is 82.4 Å². The molecule has 0 aromatic heterocycles. The van der Waals surface area contributed by atoms with Crippen molar-refractivity contribution in [3.63, 3.8) is 0 Å². The van der Waals surface area contributed by atoms with Crippen LogP contribution in [-0.4, -0.2) is 64.1 Å². The maximum atomic E-state index is 17.6. The van der Waals surface area contributed by atoms with E-state index in [1.54, 1.807) is 25.6 Å². The number of thioether (sulfide) groups is 1. The Morgan fingerprint density at radius 2 is 1.88 bits per heavy atom. The van der Waals surface area contributed by atoms with E-state index in [0.717, 1.165) is 22.2 Å². The Labute approximate surface area is 294 Å². The van der Waals surface area contributed by atoms with Crippen molar-refractivity contribution in [1.29, 1.82) is 0 Å². The third-order valence-electron chi connectivity index (χ3n) is 12.0. The van der Waals surface area contributed by atoms with Gasteiger partial charge in [-0.05, 0) is 87.4 Å². The highest BCUT2D eigenvalue weighted by atomic mass is 35.5. The largest absolute Gasteiger partial charge is 0.390 e. The monoisotopic (exact) mass is 713 g/mol. The molecule has 262 valence electrons. The standard InChI is InChI=1S/C38H42ClF2NO6S/c1-20(2)42-30-14-24(9-10-28(30)39)49-19-21-5-7-22(8-6-21)34-47-33-16-25-26-15-29(40)27-13-23(44)11-12-35(27,3)37(26,41)31(45)17-36(25,4)38(33,48-34)32(46)18-43/h5-14,20,25-26,29,31,33-34,42-43,45H,15-19H2,1-4H3/t25-,26-,29-,31-,33+,34-,35-,36-,37-,38+/m0/s1. The van der Waals surface area contributed by atoms with E-state index < -0.39 is 76.8 Å². The first-order valence-corrected chi connectivity index (χ1v) is 18.3. The van der Waals surface area contributed by atoms with Crippen LogP contribution in [0.15, 0.2) is 71.2 Å². The Morgan fingerprint density at radius 3 is 2.57 bits per heavy atom. The molecule has 1 aliphatic heterocycles. The van der Waals surface area contributed by atoms with Crippen LogP contribution in [0.5, 0.6) is 0 Å². The lowest BCUT2D eigenvalue weighted by Gasteiger charge is -2.63. The van der Waals surface area contributed by atoms with Crippen LogP contribution in [0.1, 0.15) is 64.4 Å². The van der Waals surface area contributed by atoms with Crippen LogP contribution in [-0.2, 0) is 24.8 Å². The second kappa shape index (κ2) is 12.3. The van der Waals surface area contributed by atoms with Gasteiger partial charge in [0.1, 0.15) is 12.8 Å². The molecule has 2 aromatic carbocycles. The van der Waals surface area contributed by atoms with Gasteiger partial charge in [0.05, 0.1) is 22.9 Å². The van der Waals surface area contributed by atoms with E-state index in [9.17, 15) is 19.8 Å². The highest BCUT2D eigenvalue weighted by Crippen LogP contribution is 2.72. The fourth-order valence-electron chi connectivity index (χ4n) is 9.67. The first kappa shape index (κ1) is 34.8. The zero-order chi connectivity index (χ0) is 35.1. The van der Waals surface area contributed by atoms with Crippen LogP contribution in [0, 0.1) is 22.7 Å². The number of nitrogens with one attached hydrogen (secondary N) is 1. The van der Waals surface area contributed by atoms with Crippen molar-refractivity contribution in [1.82, 2.24) is 0 Å². The number of aliphatic hydroxyl groups excluding tert-OH is 2. The summed E-state index contributed by atoms with van der Waals surface area (Å²) in [5.41, 5.74) is -4.02. The Balaban J connectivity index is 1.13. The number of halogens is 3. The number of fused-ring (bicyclic) bond motifs is 7. The van der Waals surface area contributed by atoms with Crippen molar-refractivity contribution >= 4 is 40.6 Å². The average molecular weight is 714 g/mol. The van der Waals surface area contributed by atoms with Gasteiger partial charge in [0.2, 0.25) is 0 Å². The van der Waals surface area contributed by atoms with Crippen molar-refractivity contribution < 1.29 is 38.1 Å². The Morgan fingerprint density at radius 1 is 1.14 bits per heavy atom. The molecule has 0 bridgehead atoms. The number of ketones is 2. The molecule has 7 nitrogen and oxygen atoms in total. The van der Waals surface area contributed by atoms with Gasteiger partial charge in [0.15, 0.2) is 29.1 Å². The molecule has 0 unspecified atom stereocenters. The van der Waals surface area contributed by atoms with Gasteiger partial charge in [0, 0.05) is 39.0 Å². The summed E-state index contributed by atoms with van der Waals surface area (Å²) in [6.07, 6.45) is -1.42. The van der Waals surface area contributed by atoms with Gasteiger partial charge in [-0.15, -0.1) is 11.8 Å². The molecule has 1 saturated heterocycles. The summed E-state index contributed by atoms with van der Waals surface area (Å²) in [6, 6.07) is 13.8. The predicted octanol–water partition coefficient (Wildman–Crippen LogP) is 7.10. The van der Waals surface area contributed by atoms with Crippen LogP contribution < -0.4 is 5.32 Å². The first-order chi connectivity index (χ1) is 23.2. The van der Waals surface area contributed by atoms with E-state index in [-0.39, 0.29) is 30.9 Å². The minimum absolute atomic E-state index is 0.0382. The molecule has 4 aliphatic carbocycles. The number of Topliss-reactive ketones (excluding diaryl/α,β-unsaturated/α-hetero) is 1. The maximum absolute atomic E-state index is 17.6. The minimum atomic E-state index is -2.29. The van der Waals surface area contributed by atoms with Crippen molar-refractivity contribution in [2.75, 3.05) is 11.9 Å². The number of carbonyl (C=O) groups is 2. The maximum Gasteiger partial charge on any atom is 0.193 e. The molecular formula is C38H42ClF2NO6S. The third kappa shape index (κ3) is 5.11. The second-order valence-corrected chi connectivity index (χ2v) is 16.4. The highest BCUT2D eigenvalue weighted by Gasteiger charge is 2.80. The van der Waals surface area contributed by atoms with Crippen LogP contribution in [0.3, 0.4) is 0 Å². The molecular weight excluding hydrogens is 672 g/mol. The molecule has 4 fully saturated rings. The number of hydrogen-bond donors (Lipinski definition) is 3. The normalized spacial score (nSPS) is 39.2. The summed E-state index contributed by atoms with van der Waals surface area (Å²) in [5.74, 6) is -1.92. The van der Waals surface area contributed by atoms with E-state index in [4.69, 9.17) is 21.1 Å². The molecule has 2 aromatic rings. The smallest absolute Gasteiger partial charge is 0.193 e. The van der Waals surface area contributed by atoms with Gasteiger partial charge in [-0.1, -0.05) is 48.9 Å². The molecule has 3 saturated carbocycles. The molecule has 49 heavy (non-hydrogen) atoms. The van der Waals surface area contributed by atoms with E-state index in [0.29, 0.717) is 16.3 Å². The van der Waals surface area contributed by atoms with Gasteiger partial charge < -0.3 is 25.0 Å². The van der Waals surface area contributed by atoms with Crippen LogP contribution in [0.4, 0.5) is 14.5 Å². The molecule has 0 amide bonds. The summed E-state index contributed by atoms with van der Waals surface area (Å²) in [4.78, 5) is 27.0. The number of benzene rings is 2. The Hall–Kier alpha value is -2.60. The van der Waals surface area contributed by atoms with Gasteiger partial charge in [0.25, 0.3) is 0 Å². The summed E-state index contributed by atoms with van der Waals surface area (Å²) in [5, 5.41) is 26.0. The molecule has 11 heteroatoms. The number of anilines is 1.